The third kappa shape index (κ3) is 2.30. The molecule has 1 aromatic heterocycles. The molecule has 1 saturated carbocycles. The van der Waals surface area contributed by atoms with E-state index in [1.165, 1.54) is 18.4 Å². The van der Waals surface area contributed by atoms with Gasteiger partial charge in [-0.25, -0.2) is 9.97 Å². The summed E-state index contributed by atoms with van der Waals surface area (Å²) in [6, 6.07) is 6.29. The Labute approximate surface area is 129 Å². The molecule has 0 atom stereocenters. The lowest BCUT2D eigenvalue weighted by Gasteiger charge is -2.21. The van der Waals surface area contributed by atoms with Crippen molar-refractivity contribution in [3.05, 3.63) is 40.3 Å². The van der Waals surface area contributed by atoms with Crippen LogP contribution in [0.4, 0.5) is 0 Å². The molecule has 2 aliphatic rings. The van der Waals surface area contributed by atoms with Crippen LogP contribution in [0.15, 0.2) is 18.2 Å². The van der Waals surface area contributed by atoms with Crippen LogP contribution in [-0.2, 0) is 6.42 Å². The molecule has 0 unspecified atom stereocenters. The Kier molecular flexibility index (Phi) is 3.11. The molecule has 4 rings (SSSR count). The fourth-order valence-corrected chi connectivity index (χ4v) is 3.04. The molecule has 4 heteroatoms. The molecule has 0 saturated heterocycles. The van der Waals surface area contributed by atoms with E-state index < -0.39 is 0 Å². The summed E-state index contributed by atoms with van der Waals surface area (Å²) in [7, 11) is 0. The Morgan fingerprint density at radius 2 is 2.10 bits per heavy atom. The van der Waals surface area contributed by atoms with Gasteiger partial charge in [0.1, 0.15) is 16.7 Å². The highest BCUT2D eigenvalue weighted by atomic mass is 35.5. The zero-order valence-corrected chi connectivity index (χ0v) is 12.8. The van der Waals surface area contributed by atoms with Crippen LogP contribution in [0.3, 0.4) is 0 Å². The lowest BCUT2D eigenvalue weighted by Crippen LogP contribution is -2.10. The van der Waals surface area contributed by atoms with Crippen molar-refractivity contribution >= 4 is 11.6 Å². The fraction of sp³-hybridized carbons (Fsp3) is 0.412. The second-order valence-electron chi connectivity index (χ2n) is 5.87. The van der Waals surface area contributed by atoms with Gasteiger partial charge in [-0.15, -0.1) is 0 Å². The molecule has 0 N–H and O–H groups in total. The number of aromatic nitrogens is 2. The van der Waals surface area contributed by atoms with Gasteiger partial charge in [-0.05, 0) is 44.2 Å². The smallest absolute Gasteiger partial charge is 0.136 e. The van der Waals surface area contributed by atoms with Gasteiger partial charge in [0.05, 0.1) is 12.3 Å². The van der Waals surface area contributed by atoms with Crippen molar-refractivity contribution in [3.8, 4) is 17.0 Å². The molecule has 2 aromatic rings. The summed E-state index contributed by atoms with van der Waals surface area (Å²) < 4.78 is 5.92. The number of benzene rings is 1. The SMILES string of the molecule is Cc1c(Cl)nc(C2CC2)nc1-c1cccc2c1OCCC2. The van der Waals surface area contributed by atoms with Crippen molar-refractivity contribution in [2.24, 2.45) is 0 Å². The van der Waals surface area contributed by atoms with Crippen molar-refractivity contribution in [2.45, 2.75) is 38.5 Å². The van der Waals surface area contributed by atoms with Crippen LogP contribution in [0.5, 0.6) is 5.75 Å². The summed E-state index contributed by atoms with van der Waals surface area (Å²) >= 11 is 6.33. The number of fused-ring (bicyclic) bond motifs is 1. The first-order valence-electron chi connectivity index (χ1n) is 7.53. The number of ether oxygens (including phenoxy) is 1. The number of rotatable bonds is 2. The predicted octanol–water partition coefficient (Wildman–Crippen LogP) is 4.31. The van der Waals surface area contributed by atoms with Crippen LogP contribution < -0.4 is 4.74 Å². The second kappa shape index (κ2) is 4.99. The largest absolute Gasteiger partial charge is 0.493 e. The Morgan fingerprint density at radius 3 is 2.90 bits per heavy atom. The van der Waals surface area contributed by atoms with Gasteiger partial charge in [0.15, 0.2) is 0 Å². The van der Waals surface area contributed by atoms with Crippen LogP contribution in [-0.4, -0.2) is 16.6 Å². The maximum atomic E-state index is 6.33. The van der Waals surface area contributed by atoms with Gasteiger partial charge >= 0.3 is 0 Å². The quantitative estimate of drug-likeness (QED) is 0.775. The van der Waals surface area contributed by atoms with Crippen molar-refractivity contribution in [1.29, 1.82) is 0 Å². The van der Waals surface area contributed by atoms with Crippen molar-refractivity contribution < 1.29 is 4.74 Å². The van der Waals surface area contributed by atoms with Crippen molar-refractivity contribution in [1.82, 2.24) is 9.97 Å². The Balaban J connectivity index is 1.90. The molecule has 1 aliphatic heterocycles. The average molecular weight is 301 g/mol. The minimum atomic E-state index is 0.488. The lowest BCUT2D eigenvalue weighted by atomic mass is 9.99. The zero-order chi connectivity index (χ0) is 14.4. The molecule has 1 fully saturated rings. The normalized spacial score (nSPS) is 17.2. The molecule has 2 heterocycles. The lowest BCUT2D eigenvalue weighted by molar-refractivity contribution is 0.289. The van der Waals surface area contributed by atoms with Gasteiger partial charge in [0.2, 0.25) is 0 Å². The van der Waals surface area contributed by atoms with E-state index in [0.717, 1.165) is 47.8 Å². The Bertz CT molecular complexity index is 710. The molecule has 1 aliphatic carbocycles. The summed E-state index contributed by atoms with van der Waals surface area (Å²) in [4.78, 5) is 9.24. The summed E-state index contributed by atoms with van der Waals surface area (Å²) in [5, 5.41) is 0.565. The van der Waals surface area contributed by atoms with Crippen molar-refractivity contribution in [2.75, 3.05) is 6.61 Å². The summed E-state index contributed by atoms with van der Waals surface area (Å²) in [6.07, 6.45) is 4.48. The Hall–Kier alpha value is -1.61. The first-order valence-corrected chi connectivity index (χ1v) is 7.91. The summed E-state index contributed by atoms with van der Waals surface area (Å²) in [6.45, 7) is 2.76. The average Bonchev–Trinajstić information content (AvgIpc) is 3.34. The van der Waals surface area contributed by atoms with E-state index >= 15 is 0 Å². The third-order valence-electron chi connectivity index (χ3n) is 4.23. The van der Waals surface area contributed by atoms with Gasteiger partial charge in [-0.3, -0.25) is 0 Å². The summed E-state index contributed by atoms with van der Waals surface area (Å²) in [5.41, 5.74) is 4.18. The molecular formula is C17H17ClN2O. The van der Waals surface area contributed by atoms with E-state index in [0.29, 0.717) is 11.1 Å². The molecule has 108 valence electrons. The molecule has 0 radical (unpaired) electrons. The van der Waals surface area contributed by atoms with Crippen LogP contribution in [0.2, 0.25) is 5.15 Å². The predicted molar refractivity (Wildman–Crippen MR) is 83.0 cm³/mol. The number of hydrogen-bond acceptors (Lipinski definition) is 3. The molecule has 0 bridgehead atoms. The van der Waals surface area contributed by atoms with Crippen molar-refractivity contribution in [3.63, 3.8) is 0 Å². The van der Waals surface area contributed by atoms with Crippen LogP contribution in [0, 0.1) is 6.92 Å². The van der Waals surface area contributed by atoms with Crippen LogP contribution >= 0.6 is 11.6 Å². The number of nitrogens with zero attached hydrogens (tertiary/aromatic N) is 2. The Morgan fingerprint density at radius 1 is 1.24 bits per heavy atom. The third-order valence-corrected chi connectivity index (χ3v) is 4.60. The van der Waals surface area contributed by atoms with E-state index in [9.17, 15) is 0 Å². The van der Waals surface area contributed by atoms with Crippen LogP contribution in [0.1, 0.15) is 42.1 Å². The molecule has 0 spiro atoms. The van der Waals surface area contributed by atoms with Gasteiger partial charge in [0, 0.05) is 17.0 Å². The van der Waals surface area contributed by atoms with Gasteiger partial charge in [0.25, 0.3) is 0 Å². The number of aryl methyl sites for hydroxylation is 1. The van der Waals surface area contributed by atoms with E-state index in [2.05, 4.69) is 23.2 Å². The minimum Gasteiger partial charge on any atom is -0.493 e. The van der Waals surface area contributed by atoms with Crippen LogP contribution in [0.25, 0.3) is 11.3 Å². The minimum absolute atomic E-state index is 0.488. The van der Waals surface area contributed by atoms with E-state index in [-0.39, 0.29) is 0 Å². The molecule has 3 nitrogen and oxygen atoms in total. The molecular weight excluding hydrogens is 284 g/mol. The highest BCUT2D eigenvalue weighted by Gasteiger charge is 2.29. The highest BCUT2D eigenvalue weighted by molar-refractivity contribution is 6.30. The zero-order valence-electron chi connectivity index (χ0n) is 12.0. The standard InChI is InChI=1S/C17H17ClN2O/c1-10-14(19-17(12-7-8-12)20-16(10)18)13-6-2-4-11-5-3-9-21-15(11)13/h2,4,6,12H,3,5,7-9H2,1H3. The van der Waals surface area contributed by atoms with E-state index in [1.54, 1.807) is 0 Å². The first kappa shape index (κ1) is 13.1. The topological polar surface area (TPSA) is 35.0 Å². The van der Waals surface area contributed by atoms with Gasteiger partial charge in [-0.2, -0.15) is 0 Å². The first-order chi connectivity index (χ1) is 10.2. The van der Waals surface area contributed by atoms with Gasteiger partial charge in [-0.1, -0.05) is 23.7 Å². The second-order valence-corrected chi connectivity index (χ2v) is 6.22. The molecule has 21 heavy (non-hydrogen) atoms. The highest BCUT2D eigenvalue weighted by Crippen LogP contribution is 2.42. The molecule has 1 aromatic carbocycles. The maximum absolute atomic E-state index is 6.33. The number of halogens is 1. The number of para-hydroxylation sites is 1. The number of hydrogen-bond donors (Lipinski definition) is 0. The van der Waals surface area contributed by atoms with Gasteiger partial charge < -0.3 is 4.74 Å². The van der Waals surface area contributed by atoms with E-state index in [4.69, 9.17) is 21.3 Å². The maximum Gasteiger partial charge on any atom is 0.136 e. The molecule has 0 amide bonds. The summed E-state index contributed by atoms with van der Waals surface area (Å²) in [5.74, 6) is 2.35. The monoisotopic (exact) mass is 300 g/mol. The van der Waals surface area contributed by atoms with E-state index in [1.807, 2.05) is 6.92 Å². The fourth-order valence-electron chi connectivity index (χ4n) is 2.87.